The van der Waals surface area contributed by atoms with Crippen molar-refractivity contribution < 1.29 is 9.53 Å². The van der Waals surface area contributed by atoms with Gasteiger partial charge in [-0.3, -0.25) is 0 Å². The molecule has 0 saturated heterocycles. The standard InChI is InChI=1S/C12H14N2O2/c1-14-8-4-6-9-5-3-7-10(11(9)13)12(15)16-2/h3,5,7,14H,8,13H2,1-2H3. The Balaban J connectivity index is 3.05. The van der Waals surface area contributed by atoms with Gasteiger partial charge in [0.15, 0.2) is 0 Å². The lowest BCUT2D eigenvalue weighted by atomic mass is 10.1. The lowest BCUT2D eigenvalue weighted by Gasteiger charge is -2.04. The first-order valence-corrected chi connectivity index (χ1v) is 4.81. The summed E-state index contributed by atoms with van der Waals surface area (Å²) in [5.74, 6) is 5.32. The molecule has 0 spiro atoms. The number of carbonyl (C=O) groups excluding carboxylic acids is 1. The van der Waals surface area contributed by atoms with E-state index in [0.717, 1.165) is 0 Å². The highest BCUT2D eigenvalue weighted by Crippen LogP contribution is 2.17. The van der Waals surface area contributed by atoms with E-state index in [9.17, 15) is 4.79 Å². The zero-order valence-electron chi connectivity index (χ0n) is 9.33. The summed E-state index contributed by atoms with van der Waals surface area (Å²) in [5, 5.41) is 2.90. The van der Waals surface area contributed by atoms with Crippen LogP contribution in [0.4, 0.5) is 5.69 Å². The Bertz CT molecular complexity index is 444. The zero-order chi connectivity index (χ0) is 12.0. The van der Waals surface area contributed by atoms with Gasteiger partial charge >= 0.3 is 5.97 Å². The van der Waals surface area contributed by atoms with Crippen LogP contribution in [-0.4, -0.2) is 26.7 Å². The van der Waals surface area contributed by atoms with Crippen molar-refractivity contribution in [3.8, 4) is 11.8 Å². The van der Waals surface area contributed by atoms with Gasteiger partial charge in [0.2, 0.25) is 0 Å². The molecule has 0 aliphatic rings. The van der Waals surface area contributed by atoms with Gasteiger partial charge < -0.3 is 15.8 Å². The third-order valence-corrected chi connectivity index (χ3v) is 2.00. The van der Waals surface area contributed by atoms with Gasteiger partial charge in [-0.05, 0) is 19.2 Å². The lowest BCUT2D eigenvalue weighted by Crippen LogP contribution is -2.07. The van der Waals surface area contributed by atoms with Crippen molar-refractivity contribution in [1.29, 1.82) is 0 Å². The van der Waals surface area contributed by atoms with Gasteiger partial charge in [0, 0.05) is 5.56 Å². The minimum absolute atomic E-state index is 0.346. The summed E-state index contributed by atoms with van der Waals surface area (Å²) in [4.78, 5) is 11.4. The maximum Gasteiger partial charge on any atom is 0.339 e. The van der Waals surface area contributed by atoms with Crippen molar-refractivity contribution in [2.24, 2.45) is 0 Å². The van der Waals surface area contributed by atoms with Crippen LogP contribution in [0.3, 0.4) is 0 Å². The van der Waals surface area contributed by atoms with E-state index in [1.165, 1.54) is 7.11 Å². The van der Waals surface area contributed by atoms with Gasteiger partial charge in [-0.25, -0.2) is 4.79 Å². The fourth-order valence-corrected chi connectivity index (χ4v) is 1.19. The molecule has 1 aromatic carbocycles. The zero-order valence-corrected chi connectivity index (χ0v) is 9.33. The number of nitrogens with one attached hydrogen (secondary N) is 1. The number of hydrogen-bond acceptors (Lipinski definition) is 4. The van der Waals surface area contributed by atoms with E-state index >= 15 is 0 Å². The molecule has 0 amide bonds. The van der Waals surface area contributed by atoms with E-state index in [4.69, 9.17) is 5.73 Å². The molecule has 0 fully saturated rings. The number of para-hydroxylation sites is 1. The molecule has 1 aromatic rings. The Morgan fingerprint density at radius 3 is 2.94 bits per heavy atom. The number of nitrogen functional groups attached to an aromatic ring is 1. The molecule has 0 bridgehead atoms. The molecule has 0 atom stereocenters. The highest BCUT2D eigenvalue weighted by Gasteiger charge is 2.11. The number of methoxy groups -OCH3 is 1. The number of anilines is 1. The molecular weight excluding hydrogens is 204 g/mol. The maximum atomic E-state index is 11.4. The molecule has 0 aliphatic carbocycles. The molecule has 0 heterocycles. The van der Waals surface area contributed by atoms with Crippen molar-refractivity contribution >= 4 is 11.7 Å². The van der Waals surface area contributed by atoms with E-state index < -0.39 is 5.97 Å². The number of carbonyl (C=O) groups is 1. The number of rotatable bonds is 2. The first-order chi connectivity index (χ1) is 7.70. The Morgan fingerprint density at radius 1 is 1.56 bits per heavy atom. The highest BCUT2D eigenvalue weighted by atomic mass is 16.5. The monoisotopic (exact) mass is 218 g/mol. The van der Waals surface area contributed by atoms with E-state index in [0.29, 0.717) is 23.4 Å². The summed E-state index contributed by atoms with van der Waals surface area (Å²) in [7, 11) is 3.13. The quantitative estimate of drug-likeness (QED) is 0.434. The summed E-state index contributed by atoms with van der Waals surface area (Å²) in [6, 6.07) is 5.11. The smallest absolute Gasteiger partial charge is 0.339 e. The van der Waals surface area contributed by atoms with Crippen LogP contribution in [0, 0.1) is 11.8 Å². The highest BCUT2D eigenvalue weighted by molar-refractivity contribution is 5.96. The Labute approximate surface area is 94.8 Å². The second-order valence-electron chi connectivity index (χ2n) is 3.09. The summed E-state index contributed by atoms with van der Waals surface area (Å²) >= 11 is 0. The largest absolute Gasteiger partial charge is 0.465 e. The summed E-state index contributed by atoms with van der Waals surface area (Å²) in [6.07, 6.45) is 0. The lowest BCUT2D eigenvalue weighted by molar-refractivity contribution is 0.0602. The van der Waals surface area contributed by atoms with Crippen LogP contribution in [0.25, 0.3) is 0 Å². The Morgan fingerprint density at radius 2 is 2.31 bits per heavy atom. The van der Waals surface area contributed by atoms with Gasteiger partial charge in [0.1, 0.15) is 0 Å². The molecule has 0 saturated carbocycles. The molecule has 3 N–H and O–H groups in total. The molecule has 16 heavy (non-hydrogen) atoms. The second-order valence-corrected chi connectivity index (χ2v) is 3.09. The van der Waals surface area contributed by atoms with E-state index in [2.05, 4.69) is 21.9 Å². The molecule has 1 rings (SSSR count). The second kappa shape index (κ2) is 5.79. The van der Waals surface area contributed by atoms with Crippen LogP contribution in [0.2, 0.25) is 0 Å². The molecular formula is C12H14N2O2. The predicted octanol–water partition coefficient (Wildman–Crippen LogP) is 0.626. The van der Waals surface area contributed by atoms with Crippen molar-refractivity contribution in [2.75, 3.05) is 26.4 Å². The van der Waals surface area contributed by atoms with Crippen LogP contribution in [-0.2, 0) is 4.74 Å². The Hall–Kier alpha value is -1.99. The van der Waals surface area contributed by atoms with Crippen LogP contribution >= 0.6 is 0 Å². The number of benzene rings is 1. The third-order valence-electron chi connectivity index (χ3n) is 2.00. The summed E-state index contributed by atoms with van der Waals surface area (Å²) in [5.41, 5.74) is 7.16. The number of ether oxygens (including phenoxy) is 1. The van der Waals surface area contributed by atoms with E-state index in [-0.39, 0.29) is 0 Å². The Kier molecular flexibility index (Phi) is 4.37. The van der Waals surface area contributed by atoms with Crippen molar-refractivity contribution in [2.45, 2.75) is 0 Å². The SMILES string of the molecule is CNCC#Cc1cccc(C(=O)OC)c1N. The number of esters is 1. The number of hydrogen-bond donors (Lipinski definition) is 2. The molecule has 0 aromatic heterocycles. The van der Waals surface area contributed by atoms with E-state index in [1.807, 2.05) is 7.05 Å². The van der Waals surface area contributed by atoms with Crippen LogP contribution in [0.15, 0.2) is 18.2 Å². The minimum Gasteiger partial charge on any atom is -0.465 e. The predicted molar refractivity (Wildman–Crippen MR) is 63.0 cm³/mol. The van der Waals surface area contributed by atoms with Gasteiger partial charge in [0.05, 0.1) is 24.9 Å². The molecule has 4 heteroatoms. The minimum atomic E-state index is -0.449. The average Bonchev–Trinajstić information content (AvgIpc) is 2.30. The molecule has 84 valence electrons. The van der Waals surface area contributed by atoms with Crippen molar-refractivity contribution in [1.82, 2.24) is 5.32 Å². The van der Waals surface area contributed by atoms with Gasteiger partial charge in [-0.2, -0.15) is 0 Å². The van der Waals surface area contributed by atoms with Crippen LogP contribution in [0.5, 0.6) is 0 Å². The first kappa shape index (κ1) is 12.1. The van der Waals surface area contributed by atoms with Crippen LogP contribution in [0.1, 0.15) is 15.9 Å². The molecule has 0 aliphatic heterocycles. The van der Waals surface area contributed by atoms with Crippen molar-refractivity contribution in [3.63, 3.8) is 0 Å². The normalized spacial score (nSPS) is 9.12. The molecule has 4 nitrogen and oxygen atoms in total. The number of nitrogens with two attached hydrogens (primary N) is 1. The fourth-order valence-electron chi connectivity index (χ4n) is 1.19. The van der Waals surface area contributed by atoms with E-state index in [1.54, 1.807) is 18.2 Å². The van der Waals surface area contributed by atoms with Gasteiger partial charge in [-0.15, -0.1) is 0 Å². The summed E-state index contributed by atoms with van der Waals surface area (Å²) in [6.45, 7) is 0.571. The fraction of sp³-hybridized carbons (Fsp3) is 0.250. The summed E-state index contributed by atoms with van der Waals surface area (Å²) < 4.78 is 4.62. The average molecular weight is 218 g/mol. The topological polar surface area (TPSA) is 64.3 Å². The third kappa shape index (κ3) is 2.75. The molecule has 0 unspecified atom stereocenters. The van der Waals surface area contributed by atoms with Crippen molar-refractivity contribution in [3.05, 3.63) is 29.3 Å². The maximum absolute atomic E-state index is 11.4. The van der Waals surface area contributed by atoms with Crippen LogP contribution < -0.4 is 11.1 Å². The van der Waals surface area contributed by atoms with Gasteiger partial charge in [-0.1, -0.05) is 17.9 Å². The molecule has 0 radical (unpaired) electrons. The van der Waals surface area contributed by atoms with Gasteiger partial charge in [0.25, 0.3) is 0 Å². The first-order valence-electron chi connectivity index (χ1n) is 4.81.